The molecule has 0 atom stereocenters. The largest absolute Gasteiger partial charge is 0.416 e. The lowest BCUT2D eigenvalue weighted by atomic mass is 10.1. The molecular formula is C19H17ClN4O4S. The third-order valence-corrected chi connectivity index (χ3v) is 5.13. The number of carbonyl (C=O) groups is 1. The van der Waals surface area contributed by atoms with E-state index in [2.05, 4.69) is 34.6 Å². The normalized spacial score (nSPS) is 10.7. The number of rotatable bonds is 8. The maximum Gasteiger partial charge on any atom is 0.289 e. The van der Waals surface area contributed by atoms with E-state index in [1.807, 2.05) is 12.1 Å². The molecule has 3 aromatic rings. The molecule has 0 unspecified atom stereocenters. The highest BCUT2D eigenvalue weighted by Crippen LogP contribution is 2.27. The molecule has 0 radical (unpaired) electrons. The number of nitrogens with one attached hydrogen (secondary N) is 1. The Morgan fingerprint density at radius 1 is 1.21 bits per heavy atom. The molecule has 10 heteroatoms. The quantitative estimate of drug-likeness (QED) is 0.316. The van der Waals surface area contributed by atoms with Crippen LogP contribution in [0.15, 0.2) is 52.1 Å². The van der Waals surface area contributed by atoms with Crippen LogP contribution in [0.25, 0.3) is 0 Å². The van der Waals surface area contributed by atoms with E-state index >= 15 is 0 Å². The van der Waals surface area contributed by atoms with Crippen LogP contribution in [-0.2, 0) is 17.6 Å². The fourth-order valence-corrected chi connectivity index (χ4v) is 3.26. The molecule has 8 nitrogen and oxygen atoms in total. The van der Waals surface area contributed by atoms with Crippen LogP contribution in [-0.4, -0.2) is 26.8 Å². The first kappa shape index (κ1) is 20.8. The highest BCUT2D eigenvalue weighted by Gasteiger charge is 2.15. The maximum atomic E-state index is 12.1. The molecule has 1 heterocycles. The standard InChI is InChI=1S/C19H17ClN4O4S/c1-2-12-3-5-13(6-4-12)9-18-22-23-19(28-18)29-11-17(25)21-14-7-8-15(20)16(10-14)24(26)27/h3-8,10H,2,9,11H2,1H3,(H,21,25). The fourth-order valence-electron chi connectivity index (χ4n) is 2.49. The number of amides is 1. The monoisotopic (exact) mass is 432 g/mol. The molecule has 0 fully saturated rings. The number of hydrogen-bond acceptors (Lipinski definition) is 7. The first-order valence-electron chi connectivity index (χ1n) is 8.71. The minimum Gasteiger partial charge on any atom is -0.416 e. The zero-order valence-electron chi connectivity index (χ0n) is 15.4. The van der Waals surface area contributed by atoms with Gasteiger partial charge in [0.15, 0.2) is 0 Å². The van der Waals surface area contributed by atoms with Crippen LogP contribution in [0.3, 0.4) is 0 Å². The van der Waals surface area contributed by atoms with E-state index < -0.39 is 4.92 Å². The Morgan fingerprint density at radius 3 is 2.62 bits per heavy atom. The number of halogens is 1. The summed E-state index contributed by atoms with van der Waals surface area (Å²) in [5.74, 6) is 0.121. The first-order chi connectivity index (χ1) is 13.9. The van der Waals surface area contributed by atoms with Crippen molar-refractivity contribution in [1.82, 2.24) is 10.2 Å². The Kier molecular flexibility index (Phi) is 6.84. The molecule has 1 aromatic heterocycles. The van der Waals surface area contributed by atoms with Gasteiger partial charge in [0.05, 0.1) is 17.1 Å². The summed E-state index contributed by atoms with van der Waals surface area (Å²) in [6.45, 7) is 2.10. The number of aromatic nitrogens is 2. The lowest BCUT2D eigenvalue weighted by Crippen LogP contribution is -2.14. The fraction of sp³-hybridized carbons (Fsp3) is 0.211. The lowest BCUT2D eigenvalue weighted by Gasteiger charge is -2.04. The molecule has 3 rings (SSSR count). The van der Waals surface area contributed by atoms with Crippen molar-refractivity contribution in [2.24, 2.45) is 0 Å². The van der Waals surface area contributed by atoms with Gasteiger partial charge in [0.1, 0.15) is 5.02 Å². The van der Waals surface area contributed by atoms with E-state index in [4.69, 9.17) is 16.0 Å². The summed E-state index contributed by atoms with van der Waals surface area (Å²) >= 11 is 6.84. The van der Waals surface area contributed by atoms with E-state index in [1.165, 1.54) is 23.8 Å². The number of thioether (sulfide) groups is 1. The van der Waals surface area contributed by atoms with Crippen LogP contribution >= 0.6 is 23.4 Å². The second-order valence-electron chi connectivity index (χ2n) is 6.07. The van der Waals surface area contributed by atoms with Gasteiger partial charge in [-0.05, 0) is 29.7 Å². The van der Waals surface area contributed by atoms with Gasteiger partial charge >= 0.3 is 0 Å². The van der Waals surface area contributed by atoms with Gasteiger partial charge in [0.2, 0.25) is 11.8 Å². The van der Waals surface area contributed by atoms with Crippen LogP contribution in [0.1, 0.15) is 23.9 Å². The Morgan fingerprint density at radius 2 is 1.93 bits per heavy atom. The zero-order chi connectivity index (χ0) is 20.8. The van der Waals surface area contributed by atoms with Crippen molar-refractivity contribution in [3.05, 3.63) is 74.6 Å². The average molecular weight is 433 g/mol. The van der Waals surface area contributed by atoms with Crippen LogP contribution in [0.4, 0.5) is 11.4 Å². The highest BCUT2D eigenvalue weighted by molar-refractivity contribution is 7.99. The molecule has 0 saturated heterocycles. The van der Waals surface area contributed by atoms with Gasteiger partial charge in [0.25, 0.3) is 10.9 Å². The predicted molar refractivity (Wildman–Crippen MR) is 110 cm³/mol. The number of carbonyl (C=O) groups excluding carboxylic acids is 1. The molecule has 0 spiro atoms. The molecule has 1 N–H and O–H groups in total. The lowest BCUT2D eigenvalue weighted by molar-refractivity contribution is -0.384. The van der Waals surface area contributed by atoms with Gasteiger partial charge < -0.3 is 9.73 Å². The minimum absolute atomic E-state index is 0.00472. The second-order valence-corrected chi connectivity index (χ2v) is 7.40. The summed E-state index contributed by atoms with van der Waals surface area (Å²) in [6, 6.07) is 12.2. The van der Waals surface area contributed by atoms with Gasteiger partial charge in [0, 0.05) is 11.8 Å². The summed E-state index contributed by atoms with van der Waals surface area (Å²) in [5.41, 5.74) is 2.33. The number of nitrogens with zero attached hydrogens (tertiary/aromatic N) is 3. The van der Waals surface area contributed by atoms with Crippen molar-refractivity contribution < 1.29 is 14.1 Å². The number of nitro benzene ring substituents is 1. The van der Waals surface area contributed by atoms with Crippen molar-refractivity contribution in [1.29, 1.82) is 0 Å². The maximum absolute atomic E-state index is 12.1. The molecule has 1 amide bonds. The van der Waals surface area contributed by atoms with Gasteiger partial charge in [-0.1, -0.05) is 54.6 Å². The van der Waals surface area contributed by atoms with Crippen LogP contribution in [0.2, 0.25) is 5.02 Å². The third kappa shape index (κ3) is 5.78. The molecule has 150 valence electrons. The Hall–Kier alpha value is -2.91. The number of hydrogen-bond donors (Lipinski definition) is 1. The van der Waals surface area contributed by atoms with Gasteiger partial charge in [-0.25, -0.2) is 0 Å². The summed E-state index contributed by atoms with van der Waals surface area (Å²) in [4.78, 5) is 22.4. The molecule has 0 aliphatic rings. The highest BCUT2D eigenvalue weighted by atomic mass is 35.5. The van der Waals surface area contributed by atoms with Crippen LogP contribution in [0.5, 0.6) is 0 Å². The van der Waals surface area contributed by atoms with E-state index in [0.29, 0.717) is 12.3 Å². The van der Waals surface area contributed by atoms with E-state index in [1.54, 1.807) is 0 Å². The van der Waals surface area contributed by atoms with E-state index in [-0.39, 0.29) is 33.3 Å². The van der Waals surface area contributed by atoms with Crippen molar-refractivity contribution in [3.8, 4) is 0 Å². The Labute approximate surface area is 175 Å². The summed E-state index contributed by atoms with van der Waals surface area (Å²) in [5, 5.41) is 21.7. The van der Waals surface area contributed by atoms with Gasteiger partial charge in [-0.15, -0.1) is 10.2 Å². The topological polar surface area (TPSA) is 111 Å². The first-order valence-corrected chi connectivity index (χ1v) is 10.1. The van der Waals surface area contributed by atoms with Crippen LogP contribution < -0.4 is 5.32 Å². The summed E-state index contributed by atoms with van der Waals surface area (Å²) in [7, 11) is 0. The van der Waals surface area contributed by atoms with Gasteiger partial charge in [-0.3, -0.25) is 14.9 Å². The summed E-state index contributed by atoms with van der Waals surface area (Å²) in [6.07, 6.45) is 1.49. The number of anilines is 1. The molecule has 0 aliphatic heterocycles. The predicted octanol–water partition coefficient (Wildman–Crippen LogP) is 4.52. The second kappa shape index (κ2) is 9.53. The van der Waals surface area contributed by atoms with E-state index in [9.17, 15) is 14.9 Å². The number of benzene rings is 2. The van der Waals surface area contributed by atoms with Crippen molar-refractivity contribution >= 4 is 40.6 Å². The summed E-state index contributed by atoms with van der Waals surface area (Å²) < 4.78 is 5.57. The smallest absolute Gasteiger partial charge is 0.289 e. The van der Waals surface area contributed by atoms with E-state index in [0.717, 1.165) is 23.7 Å². The number of aryl methyl sites for hydroxylation is 1. The third-order valence-electron chi connectivity index (χ3n) is 3.99. The van der Waals surface area contributed by atoms with Crippen molar-refractivity contribution in [2.45, 2.75) is 25.0 Å². The van der Waals surface area contributed by atoms with Crippen LogP contribution in [0, 0.1) is 10.1 Å². The molecule has 0 saturated carbocycles. The van der Waals surface area contributed by atoms with Crippen molar-refractivity contribution in [2.75, 3.05) is 11.1 Å². The molecule has 0 aliphatic carbocycles. The molecule has 2 aromatic carbocycles. The molecule has 29 heavy (non-hydrogen) atoms. The molecular weight excluding hydrogens is 416 g/mol. The molecule has 0 bridgehead atoms. The Bertz CT molecular complexity index is 1020. The van der Waals surface area contributed by atoms with Crippen molar-refractivity contribution in [3.63, 3.8) is 0 Å². The zero-order valence-corrected chi connectivity index (χ0v) is 17.0. The SMILES string of the molecule is CCc1ccc(Cc2nnc(SCC(=O)Nc3ccc(Cl)c([N+](=O)[O-])c3)o2)cc1. The Balaban J connectivity index is 1.53. The minimum atomic E-state index is -0.609. The average Bonchev–Trinajstić information content (AvgIpc) is 3.15. The number of nitro groups is 1. The van der Waals surface area contributed by atoms with Gasteiger partial charge in [-0.2, -0.15) is 0 Å².